The van der Waals surface area contributed by atoms with Gasteiger partial charge in [-0.25, -0.2) is 5.43 Å². The van der Waals surface area contributed by atoms with Gasteiger partial charge in [0.1, 0.15) is 12.4 Å². The van der Waals surface area contributed by atoms with Gasteiger partial charge in [0.15, 0.2) is 0 Å². The Morgan fingerprint density at radius 1 is 1.04 bits per heavy atom. The first-order chi connectivity index (χ1) is 13.6. The van der Waals surface area contributed by atoms with Crippen molar-refractivity contribution in [1.29, 1.82) is 0 Å². The molecule has 7 nitrogen and oxygen atoms in total. The Kier molecular flexibility index (Phi) is 6.10. The smallest absolute Gasteiger partial charge is 0.271 e. The summed E-state index contributed by atoms with van der Waals surface area (Å²) in [6.45, 7) is 0.480. The summed E-state index contributed by atoms with van der Waals surface area (Å²) < 4.78 is 5.71. The van der Waals surface area contributed by atoms with Crippen LogP contribution in [0.25, 0.3) is 0 Å². The molecule has 0 aliphatic heterocycles. The first-order valence-corrected chi connectivity index (χ1v) is 8.46. The van der Waals surface area contributed by atoms with E-state index in [1.54, 1.807) is 0 Å². The number of ether oxygens (including phenoxy) is 1. The lowest BCUT2D eigenvalue weighted by atomic mass is 10.2. The van der Waals surface area contributed by atoms with Crippen LogP contribution >= 0.6 is 0 Å². The van der Waals surface area contributed by atoms with E-state index >= 15 is 0 Å². The molecular formula is C21H17N3O4. The first kappa shape index (κ1) is 18.8. The maximum Gasteiger partial charge on any atom is 0.271 e. The Hall–Kier alpha value is -4.00. The van der Waals surface area contributed by atoms with Crippen LogP contribution in [0, 0.1) is 10.1 Å². The van der Waals surface area contributed by atoms with Crippen molar-refractivity contribution < 1.29 is 14.5 Å². The Morgan fingerprint density at radius 3 is 2.50 bits per heavy atom. The van der Waals surface area contributed by atoms with Crippen molar-refractivity contribution in [3.63, 3.8) is 0 Å². The highest BCUT2D eigenvalue weighted by molar-refractivity contribution is 5.95. The zero-order valence-corrected chi connectivity index (χ0v) is 14.8. The number of carbonyl (C=O) groups excluding carboxylic acids is 1. The number of hydrazone groups is 1. The predicted molar refractivity (Wildman–Crippen MR) is 105 cm³/mol. The highest BCUT2D eigenvalue weighted by Crippen LogP contribution is 2.14. The molecule has 0 aromatic heterocycles. The van der Waals surface area contributed by atoms with E-state index < -0.39 is 10.8 Å². The molecule has 28 heavy (non-hydrogen) atoms. The summed E-state index contributed by atoms with van der Waals surface area (Å²) in [4.78, 5) is 22.2. The Labute approximate surface area is 161 Å². The lowest BCUT2D eigenvalue weighted by Crippen LogP contribution is -2.17. The monoisotopic (exact) mass is 375 g/mol. The summed E-state index contributed by atoms with van der Waals surface area (Å²) in [5, 5.41) is 14.6. The molecule has 0 fully saturated rings. The molecule has 0 saturated heterocycles. The van der Waals surface area contributed by atoms with Crippen LogP contribution in [-0.2, 0) is 6.61 Å². The van der Waals surface area contributed by atoms with Crippen molar-refractivity contribution in [1.82, 2.24) is 5.43 Å². The molecule has 0 heterocycles. The molecule has 1 amide bonds. The standard InChI is InChI=1S/C21H17N3O4/c25-21(18-7-4-8-19(13-18)24(26)27)23-22-14-16-9-11-20(12-10-16)28-15-17-5-2-1-3-6-17/h1-14H,15H2,(H,23,25). The third kappa shape index (κ3) is 5.25. The number of nitrogens with zero attached hydrogens (tertiary/aromatic N) is 2. The quantitative estimate of drug-likeness (QED) is 0.384. The summed E-state index contributed by atoms with van der Waals surface area (Å²) in [5.41, 5.74) is 4.21. The lowest BCUT2D eigenvalue weighted by molar-refractivity contribution is -0.384. The highest BCUT2D eigenvalue weighted by atomic mass is 16.6. The fraction of sp³-hybridized carbons (Fsp3) is 0.0476. The SMILES string of the molecule is O=C(NN=Cc1ccc(OCc2ccccc2)cc1)c1cccc([N+](=O)[O-])c1. The van der Waals surface area contributed by atoms with E-state index in [1.807, 2.05) is 54.6 Å². The molecule has 1 N–H and O–H groups in total. The Morgan fingerprint density at radius 2 is 1.79 bits per heavy atom. The molecule has 140 valence electrons. The highest BCUT2D eigenvalue weighted by Gasteiger charge is 2.10. The maximum atomic E-state index is 12.0. The number of nitro benzene ring substituents is 1. The molecule has 0 spiro atoms. The summed E-state index contributed by atoms with van der Waals surface area (Å²) in [5.74, 6) is 0.199. The van der Waals surface area contributed by atoms with Crippen LogP contribution in [0.15, 0.2) is 84.0 Å². The van der Waals surface area contributed by atoms with Gasteiger partial charge in [0.05, 0.1) is 11.1 Å². The lowest BCUT2D eigenvalue weighted by Gasteiger charge is -2.06. The van der Waals surface area contributed by atoms with Gasteiger partial charge in [-0.3, -0.25) is 14.9 Å². The van der Waals surface area contributed by atoms with Crippen LogP contribution in [0.5, 0.6) is 5.75 Å². The van der Waals surface area contributed by atoms with Gasteiger partial charge in [-0.1, -0.05) is 36.4 Å². The molecular weight excluding hydrogens is 358 g/mol. The average molecular weight is 375 g/mol. The Balaban J connectivity index is 1.53. The molecule has 0 saturated carbocycles. The minimum Gasteiger partial charge on any atom is -0.489 e. The van der Waals surface area contributed by atoms with Gasteiger partial charge in [0.25, 0.3) is 11.6 Å². The Bertz CT molecular complexity index is 986. The van der Waals surface area contributed by atoms with E-state index in [2.05, 4.69) is 10.5 Å². The third-order valence-corrected chi connectivity index (χ3v) is 3.83. The number of amides is 1. The zero-order valence-electron chi connectivity index (χ0n) is 14.8. The molecule has 3 rings (SSSR count). The number of benzene rings is 3. The second kappa shape index (κ2) is 9.09. The van der Waals surface area contributed by atoms with Gasteiger partial charge in [0.2, 0.25) is 0 Å². The van der Waals surface area contributed by atoms with Crippen molar-refractivity contribution in [2.45, 2.75) is 6.61 Å². The van der Waals surface area contributed by atoms with Crippen LogP contribution in [0.3, 0.4) is 0 Å². The van der Waals surface area contributed by atoms with Crippen LogP contribution in [0.2, 0.25) is 0 Å². The number of carbonyl (C=O) groups is 1. The molecule has 0 bridgehead atoms. The summed E-state index contributed by atoms with van der Waals surface area (Å²) in [6, 6.07) is 22.5. The number of hydrogen-bond acceptors (Lipinski definition) is 5. The van der Waals surface area contributed by atoms with Gasteiger partial charge in [0, 0.05) is 17.7 Å². The van der Waals surface area contributed by atoms with Crippen molar-refractivity contribution in [3.8, 4) is 5.75 Å². The van der Waals surface area contributed by atoms with Gasteiger partial charge >= 0.3 is 0 Å². The second-order valence-electron chi connectivity index (χ2n) is 5.85. The van der Waals surface area contributed by atoms with Crippen LogP contribution in [0.4, 0.5) is 5.69 Å². The van der Waals surface area contributed by atoms with Crippen molar-refractivity contribution in [3.05, 3.63) is 106 Å². The molecule has 0 radical (unpaired) electrons. The maximum absolute atomic E-state index is 12.0. The molecule has 0 aliphatic rings. The molecule has 0 unspecified atom stereocenters. The molecule has 0 aliphatic carbocycles. The van der Waals surface area contributed by atoms with E-state index in [9.17, 15) is 14.9 Å². The summed E-state index contributed by atoms with van der Waals surface area (Å²) in [6.07, 6.45) is 1.48. The van der Waals surface area contributed by atoms with Gasteiger partial charge in [-0.15, -0.1) is 0 Å². The molecule has 3 aromatic rings. The normalized spacial score (nSPS) is 10.6. The second-order valence-corrected chi connectivity index (χ2v) is 5.85. The van der Waals surface area contributed by atoms with E-state index in [-0.39, 0.29) is 11.3 Å². The number of non-ortho nitro benzene ring substituents is 1. The number of nitrogens with one attached hydrogen (secondary N) is 1. The number of rotatable bonds is 7. The number of hydrogen-bond donors (Lipinski definition) is 1. The molecule has 3 aromatic carbocycles. The zero-order chi connectivity index (χ0) is 19.8. The number of nitro groups is 1. The van der Waals surface area contributed by atoms with Crippen molar-refractivity contribution >= 4 is 17.8 Å². The van der Waals surface area contributed by atoms with E-state index in [0.717, 1.165) is 16.9 Å². The minimum absolute atomic E-state index is 0.150. The van der Waals surface area contributed by atoms with Crippen molar-refractivity contribution in [2.75, 3.05) is 0 Å². The predicted octanol–water partition coefficient (Wildman–Crippen LogP) is 3.94. The molecule has 7 heteroatoms. The van der Waals surface area contributed by atoms with Gasteiger partial charge in [-0.05, 0) is 41.5 Å². The third-order valence-electron chi connectivity index (χ3n) is 3.83. The largest absolute Gasteiger partial charge is 0.489 e. The van der Waals surface area contributed by atoms with Crippen LogP contribution in [-0.4, -0.2) is 17.0 Å². The fourth-order valence-corrected chi connectivity index (χ4v) is 2.38. The summed E-state index contributed by atoms with van der Waals surface area (Å²) in [7, 11) is 0. The van der Waals surface area contributed by atoms with E-state index in [1.165, 1.54) is 30.5 Å². The van der Waals surface area contributed by atoms with Crippen molar-refractivity contribution in [2.24, 2.45) is 5.10 Å². The fourth-order valence-electron chi connectivity index (χ4n) is 2.38. The minimum atomic E-state index is -0.554. The topological polar surface area (TPSA) is 93.8 Å². The van der Waals surface area contributed by atoms with Gasteiger partial charge in [-0.2, -0.15) is 5.10 Å². The molecule has 0 atom stereocenters. The van der Waals surface area contributed by atoms with Gasteiger partial charge < -0.3 is 4.74 Å². The van der Waals surface area contributed by atoms with E-state index in [4.69, 9.17) is 4.74 Å². The van der Waals surface area contributed by atoms with E-state index in [0.29, 0.717) is 6.61 Å². The first-order valence-electron chi connectivity index (χ1n) is 8.46. The summed E-state index contributed by atoms with van der Waals surface area (Å²) >= 11 is 0. The van der Waals surface area contributed by atoms with Crippen LogP contribution < -0.4 is 10.2 Å². The van der Waals surface area contributed by atoms with Crippen LogP contribution in [0.1, 0.15) is 21.5 Å². The average Bonchev–Trinajstić information content (AvgIpc) is 2.74.